The first-order valence-corrected chi connectivity index (χ1v) is 19.5. The Kier molecular flexibility index (Phi) is 7.86. The Morgan fingerprint density at radius 1 is 0.281 bits per heavy atom. The summed E-state index contributed by atoms with van der Waals surface area (Å²) < 4.78 is 0. The molecule has 0 amide bonds. The Hall–Kier alpha value is -7.55. The molecule has 0 fully saturated rings. The first kappa shape index (κ1) is 32.8. The second-order valence-electron chi connectivity index (χ2n) is 14.7. The van der Waals surface area contributed by atoms with Crippen LogP contribution in [0.3, 0.4) is 0 Å². The first-order chi connectivity index (χ1) is 28.3. The Morgan fingerprint density at radius 2 is 0.754 bits per heavy atom. The third kappa shape index (κ3) is 5.45. The van der Waals surface area contributed by atoms with E-state index in [1.54, 1.807) is 0 Å². The van der Waals surface area contributed by atoms with Gasteiger partial charge in [0.15, 0.2) is 0 Å². The van der Waals surface area contributed by atoms with E-state index in [9.17, 15) is 0 Å². The minimum Gasteiger partial charge on any atom is -0.309 e. The molecule has 1 heterocycles. The van der Waals surface area contributed by atoms with Crippen LogP contribution >= 0.6 is 0 Å². The normalized spacial score (nSPS) is 11.5. The Morgan fingerprint density at radius 3 is 1.32 bits per heavy atom. The lowest BCUT2D eigenvalue weighted by molar-refractivity contribution is 1.23. The van der Waals surface area contributed by atoms with Gasteiger partial charge in [-0.25, -0.2) is 0 Å². The Labute approximate surface area is 332 Å². The van der Waals surface area contributed by atoms with Crippen molar-refractivity contribution in [3.8, 4) is 66.8 Å². The van der Waals surface area contributed by atoms with Gasteiger partial charge in [-0.15, -0.1) is 0 Å². The van der Waals surface area contributed by atoms with Crippen molar-refractivity contribution in [3.05, 3.63) is 219 Å². The van der Waals surface area contributed by atoms with E-state index in [1.807, 2.05) is 18.5 Å². The van der Waals surface area contributed by atoms with Gasteiger partial charge in [0.25, 0.3) is 0 Å². The molecule has 2 heteroatoms. The molecule has 0 atom stereocenters. The number of anilines is 3. The van der Waals surface area contributed by atoms with Crippen molar-refractivity contribution < 1.29 is 0 Å². The summed E-state index contributed by atoms with van der Waals surface area (Å²) in [6.07, 6.45) is 3.75. The van der Waals surface area contributed by atoms with Gasteiger partial charge < -0.3 is 4.90 Å². The van der Waals surface area contributed by atoms with Crippen LogP contribution in [0.4, 0.5) is 17.1 Å². The van der Waals surface area contributed by atoms with E-state index in [2.05, 4.69) is 210 Å². The molecule has 57 heavy (non-hydrogen) atoms. The van der Waals surface area contributed by atoms with Gasteiger partial charge in [-0.3, -0.25) is 4.98 Å². The number of hydrogen-bond acceptors (Lipinski definition) is 2. The molecule has 0 radical (unpaired) electrons. The summed E-state index contributed by atoms with van der Waals surface area (Å²) in [6.45, 7) is 0. The summed E-state index contributed by atoms with van der Waals surface area (Å²) in [7, 11) is 0. The van der Waals surface area contributed by atoms with Gasteiger partial charge in [0.1, 0.15) is 0 Å². The van der Waals surface area contributed by atoms with Crippen molar-refractivity contribution in [2.24, 2.45) is 0 Å². The lowest BCUT2D eigenvalue weighted by Crippen LogP contribution is -2.10. The van der Waals surface area contributed by atoms with Gasteiger partial charge in [0, 0.05) is 17.6 Å². The number of benzene rings is 9. The second-order valence-corrected chi connectivity index (χ2v) is 14.7. The second kappa shape index (κ2) is 13.6. The maximum Gasteiger partial charge on any atom is 0.0644 e. The van der Waals surface area contributed by atoms with E-state index in [-0.39, 0.29) is 0 Å². The van der Waals surface area contributed by atoms with E-state index in [4.69, 9.17) is 0 Å². The zero-order valence-electron chi connectivity index (χ0n) is 31.2. The molecule has 0 bridgehead atoms. The fraction of sp³-hybridized carbons (Fsp3) is 0. The summed E-state index contributed by atoms with van der Waals surface area (Å²) in [5.74, 6) is 0. The number of fused-ring (bicyclic) bond motifs is 4. The van der Waals surface area contributed by atoms with Crippen molar-refractivity contribution in [1.29, 1.82) is 0 Å². The fourth-order valence-corrected chi connectivity index (χ4v) is 9.02. The van der Waals surface area contributed by atoms with Gasteiger partial charge in [0.2, 0.25) is 0 Å². The molecule has 0 N–H and O–H groups in total. The summed E-state index contributed by atoms with van der Waals surface area (Å²) >= 11 is 0. The van der Waals surface area contributed by atoms with Crippen molar-refractivity contribution in [2.75, 3.05) is 4.90 Å². The molecule has 2 nitrogen and oxygen atoms in total. The number of aromatic nitrogens is 1. The van der Waals surface area contributed by atoms with Gasteiger partial charge in [-0.1, -0.05) is 170 Å². The quantitative estimate of drug-likeness (QED) is 0.163. The Balaban J connectivity index is 1.07. The van der Waals surface area contributed by atoms with Crippen LogP contribution in [-0.2, 0) is 0 Å². The summed E-state index contributed by atoms with van der Waals surface area (Å²) in [6, 6.07) is 74.8. The average Bonchev–Trinajstić information content (AvgIpc) is 3.62. The van der Waals surface area contributed by atoms with Crippen LogP contribution in [0.2, 0.25) is 0 Å². The predicted octanol–water partition coefficient (Wildman–Crippen LogP) is 15.2. The van der Waals surface area contributed by atoms with Crippen LogP contribution in [0.5, 0.6) is 0 Å². The van der Waals surface area contributed by atoms with E-state index in [0.29, 0.717) is 0 Å². The summed E-state index contributed by atoms with van der Waals surface area (Å²) in [5, 5.41) is 5.12. The molecule has 0 spiro atoms. The van der Waals surface area contributed by atoms with Gasteiger partial charge >= 0.3 is 0 Å². The monoisotopic (exact) mass is 724 g/mol. The standard InChI is InChI=1S/C55H36N2/c1-4-14-37(15-5-1)38-25-29-42(30-26-38)57(44-20-13-35-56-36-44)43-31-27-39(28-32-43)45-33-34-50-53-46(45)23-12-24-49(53)54-51(40-16-6-2-7-17-40)47-21-10-11-22-48(47)52(55(50)54)41-18-8-3-9-19-41/h1-36H. The predicted molar refractivity (Wildman–Crippen MR) is 240 cm³/mol. The molecule has 0 saturated carbocycles. The van der Waals surface area contributed by atoms with E-state index in [1.165, 1.54) is 88.3 Å². The maximum atomic E-state index is 4.49. The highest BCUT2D eigenvalue weighted by molar-refractivity contribution is 6.28. The Bertz CT molecular complexity index is 2970. The highest BCUT2D eigenvalue weighted by atomic mass is 15.1. The zero-order chi connectivity index (χ0) is 37.7. The molecule has 1 aliphatic rings. The molecule has 0 saturated heterocycles. The fourth-order valence-electron chi connectivity index (χ4n) is 9.02. The minimum atomic E-state index is 1.01. The number of nitrogens with zero attached hydrogens (tertiary/aromatic N) is 2. The molecule has 10 aromatic rings. The molecular formula is C55H36N2. The lowest BCUT2D eigenvalue weighted by Gasteiger charge is -2.25. The first-order valence-electron chi connectivity index (χ1n) is 19.5. The van der Waals surface area contributed by atoms with Crippen LogP contribution < -0.4 is 4.90 Å². The number of hydrogen-bond donors (Lipinski definition) is 0. The topological polar surface area (TPSA) is 16.1 Å². The number of rotatable bonds is 7. The minimum absolute atomic E-state index is 1.01. The number of pyridine rings is 1. The third-order valence-electron chi connectivity index (χ3n) is 11.5. The maximum absolute atomic E-state index is 4.49. The SMILES string of the molecule is c1ccc(-c2ccc(N(c3ccc(-c4ccc5c6c(cccc46)-c4c-5c(-c5ccccc5)c5ccccc5c4-c4ccccc4)cc3)c3cccnc3)cc2)cc1. The van der Waals surface area contributed by atoms with Crippen LogP contribution in [0.15, 0.2) is 219 Å². The molecule has 0 aliphatic heterocycles. The van der Waals surface area contributed by atoms with Crippen LogP contribution in [0.25, 0.3) is 88.3 Å². The smallest absolute Gasteiger partial charge is 0.0644 e. The molecule has 1 aromatic heterocycles. The van der Waals surface area contributed by atoms with Gasteiger partial charge in [0.05, 0.1) is 11.9 Å². The third-order valence-corrected chi connectivity index (χ3v) is 11.5. The van der Waals surface area contributed by atoms with Gasteiger partial charge in [-0.2, -0.15) is 0 Å². The molecule has 1 aliphatic carbocycles. The highest BCUT2D eigenvalue weighted by Gasteiger charge is 2.31. The highest BCUT2D eigenvalue weighted by Crippen LogP contribution is 2.58. The summed E-state index contributed by atoms with van der Waals surface area (Å²) in [5.41, 5.74) is 18.2. The van der Waals surface area contributed by atoms with Gasteiger partial charge in [-0.05, 0) is 125 Å². The lowest BCUT2D eigenvalue weighted by atomic mass is 9.82. The molecular weight excluding hydrogens is 689 g/mol. The van der Waals surface area contributed by atoms with E-state index in [0.717, 1.165) is 17.1 Å². The van der Waals surface area contributed by atoms with E-state index >= 15 is 0 Å². The van der Waals surface area contributed by atoms with Crippen molar-refractivity contribution in [1.82, 2.24) is 4.98 Å². The summed E-state index contributed by atoms with van der Waals surface area (Å²) in [4.78, 5) is 6.76. The largest absolute Gasteiger partial charge is 0.309 e. The molecule has 0 unspecified atom stereocenters. The molecule has 11 rings (SSSR count). The van der Waals surface area contributed by atoms with Crippen molar-refractivity contribution in [2.45, 2.75) is 0 Å². The van der Waals surface area contributed by atoms with E-state index < -0.39 is 0 Å². The van der Waals surface area contributed by atoms with Crippen molar-refractivity contribution in [3.63, 3.8) is 0 Å². The molecule has 9 aromatic carbocycles. The van der Waals surface area contributed by atoms with Crippen LogP contribution in [-0.4, -0.2) is 4.98 Å². The average molecular weight is 725 g/mol. The van der Waals surface area contributed by atoms with Crippen molar-refractivity contribution >= 4 is 38.6 Å². The molecule has 266 valence electrons. The van der Waals surface area contributed by atoms with Crippen LogP contribution in [0.1, 0.15) is 0 Å². The van der Waals surface area contributed by atoms with Crippen LogP contribution in [0, 0.1) is 0 Å². The zero-order valence-corrected chi connectivity index (χ0v) is 31.2.